The minimum atomic E-state index is 0.0447. The highest BCUT2D eigenvalue weighted by molar-refractivity contribution is 5.98. The molecule has 0 N–H and O–H groups in total. The quantitative estimate of drug-likeness (QED) is 0.514. The van der Waals surface area contributed by atoms with Gasteiger partial charge < -0.3 is 4.90 Å². The second kappa shape index (κ2) is 7.16. The molecule has 1 fully saturated rings. The molecule has 1 unspecified atom stereocenters. The minimum absolute atomic E-state index is 0.0447. The Bertz CT molecular complexity index is 1260. The van der Waals surface area contributed by atoms with Crippen molar-refractivity contribution in [3.05, 3.63) is 65.4 Å². The summed E-state index contributed by atoms with van der Waals surface area (Å²) in [6, 6.07) is 12.0. The van der Waals surface area contributed by atoms with Crippen LogP contribution in [0.5, 0.6) is 0 Å². The third-order valence-electron chi connectivity index (χ3n) is 6.18. The summed E-state index contributed by atoms with van der Waals surface area (Å²) < 4.78 is 1.81. The van der Waals surface area contributed by atoms with Gasteiger partial charge in [0.05, 0.1) is 22.5 Å². The highest BCUT2D eigenvalue weighted by Gasteiger charge is 2.33. The summed E-state index contributed by atoms with van der Waals surface area (Å²) in [5, 5.41) is 5.36. The van der Waals surface area contributed by atoms with Gasteiger partial charge in [0.15, 0.2) is 0 Å². The third-order valence-corrected chi connectivity index (χ3v) is 6.18. The molecule has 4 heterocycles. The van der Waals surface area contributed by atoms with Crippen LogP contribution in [0.2, 0.25) is 0 Å². The molecule has 0 saturated carbocycles. The number of carbonyl (C=O) groups excluding carboxylic acids is 1. The number of carbonyl (C=O) groups is 1. The Morgan fingerprint density at radius 1 is 1.13 bits per heavy atom. The maximum Gasteiger partial charge on any atom is 0.255 e. The molecule has 2 atom stereocenters. The lowest BCUT2D eigenvalue weighted by atomic mass is 9.84. The number of benzene rings is 1. The predicted molar refractivity (Wildman–Crippen MR) is 114 cm³/mol. The fraction of sp³-hybridized carbons (Fsp3) is 0.348. The number of aromatic nitrogens is 5. The summed E-state index contributed by atoms with van der Waals surface area (Å²) in [6.45, 7) is 7.51. The molecular formula is C23H24N6O. The van der Waals surface area contributed by atoms with Crippen LogP contribution >= 0.6 is 0 Å². The molecule has 0 bridgehead atoms. The first kappa shape index (κ1) is 18.7. The number of fused-ring (bicyclic) bond motifs is 2. The molecule has 5 rings (SSSR count). The molecule has 152 valence electrons. The van der Waals surface area contributed by atoms with Gasteiger partial charge >= 0.3 is 0 Å². The van der Waals surface area contributed by atoms with Crippen molar-refractivity contribution in [1.29, 1.82) is 0 Å². The van der Waals surface area contributed by atoms with E-state index in [1.807, 2.05) is 53.6 Å². The number of pyridine rings is 1. The zero-order valence-electron chi connectivity index (χ0n) is 17.4. The van der Waals surface area contributed by atoms with Crippen LogP contribution in [0, 0.1) is 19.8 Å². The first-order valence-corrected chi connectivity index (χ1v) is 10.3. The zero-order chi connectivity index (χ0) is 20.8. The molecule has 7 nitrogen and oxygen atoms in total. The van der Waals surface area contributed by atoms with Crippen molar-refractivity contribution >= 4 is 22.6 Å². The van der Waals surface area contributed by atoms with Gasteiger partial charge in [-0.25, -0.2) is 9.50 Å². The number of rotatable bonds is 2. The first-order chi connectivity index (χ1) is 14.5. The van der Waals surface area contributed by atoms with E-state index in [1.54, 1.807) is 0 Å². The number of para-hydroxylation sites is 1. The van der Waals surface area contributed by atoms with Crippen molar-refractivity contribution in [2.45, 2.75) is 33.1 Å². The Hall–Kier alpha value is -3.35. The van der Waals surface area contributed by atoms with Crippen LogP contribution in [0.3, 0.4) is 0 Å². The van der Waals surface area contributed by atoms with Gasteiger partial charge in [0, 0.05) is 30.1 Å². The monoisotopic (exact) mass is 400 g/mol. The topological polar surface area (TPSA) is 76.3 Å². The largest absolute Gasteiger partial charge is 0.338 e. The normalized spacial score (nSPS) is 19.5. The van der Waals surface area contributed by atoms with Crippen LogP contribution < -0.4 is 0 Å². The van der Waals surface area contributed by atoms with Crippen molar-refractivity contribution in [2.75, 3.05) is 13.1 Å². The van der Waals surface area contributed by atoms with Gasteiger partial charge in [-0.2, -0.15) is 10.1 Å². The van der Waals surface area contributed by atoms with Gasteiger partial charge in [0.1, 0.15) is 6.33 Å². The minimum Gasteiger partial charge on any atom is -0.338 e. The Balaban J connectivity index is 1.50. The van der Waals surface area contributed by atoms with Crippen molar-refractivity contribution < 1.29 is 4.79 Å². The predicted octanol–water partition coefficient (Wildman–Crippen LogP) is 3.56. The number of nitrogens with zero attached hydrogens (tertiary/aromatic N) is 6. The van der Waals surface area contributed by atoms with Crippen LogP contribution in [0.25, 0.3) is 16.7 Å². The molecule has 0 radical (unpaired) electrons. The van der Waals surface area contributed by atoms with Crippen LogP contribution in [0.4, 0.5) is 0 Å². The molecule has 1 aliphatic heterocycles. The van der Waals surface area contributed by atoms with E-state index in [1.165, 1.54) is 6.33 Å². The van der Waals surface area contributed by atoms with E-state index in [4.69, 9.17) is 0 Å². The molecule has 4 aromatic rings. The van der Waals surface area contributed by atoms with Crippen molar-refractivity contribution in [1.82, 2.24) is 29.5 Å². The van der Waals surface area contributed by atoms with E-state index in [-0.39, 0.29) is 11.8 Å². The molecule has 30 heavy (non-hydrogen) atoms. The molecule has 1 saturated heterocycles. The van der Waals surface area contributed by atoms with Gasteiger partial charge in [-0.15, -0.1) is 0 Å². The first-order valence-electron chi connectivity index (χ1n) is 10.3. The van der Waals surface area contributed by atoms with E-state index >= 15 is 0 Å². The third kappa shape index (κ3) is 3.10. The van der Waals surface area contributed by atoms with Crippen molar-refractivity contribution in [2.24, 2.45) is 5.92 Å². The Morgan fingerprint density at radius 3 is 2.83 bits per heavy atom. The zero-order valence-corrected chi connectivity index (χ0v) is 17.4. The van der Waals surface area contributed by atoms with Crippen molar-refractivity contribution in [3.63, 3.8) is 0 Å². The molecule has 1 amide bonds. The lowest BCUT2D eigenvalue weighted by Gasteiger charge is -2.37. The summed E-state index contributed by atoms with van der Waals surface area (Å²) in [7, 11) is 0. The van der Waals surface area contributed by atoms with Crippen LogP contribution in [0.15, 0.2) is 42.7 Å². The fourth-order valence-electron chi connectivity index (χ4n) is 4.46. The lowest BCUT2D eigenvalue weighted by molar-refractivity contribution is 0.0665. The van der Waals surface area contributed by atoms with E-state index in [2.05, 4.69) is 33.0 Å². The maximum atomic E-state index is 13.5. The van der Waals surface area contributed by atoms with E-state index in [0.717, 1.165) is 41.0 Å². The lowest BCUT2D eigenvalue weighted by Crippen LogP contribution is -2.43. The average Bonchev–Trinajstić information content (AvgIpc) is 3.21. The highest BCUT2D eigenvalue weighted by Crippen LogP contribution is 2.33. The molecule has 0 aliphatic carbocycles. The summed E-state index contributed by atoms with van der Waals surface area (Å²) in [4.78, 5) is 28.8. The molecule has 1 aromatic carbocycles. The van der Waals surface area contributed by atoms with Crippen LogP contribution in [-0.4, -0.2) is 48.5 Å². The summed E-state index contributed by atoms with van der Waals surface area (Å²) in [5.74, 6) is 1.25. The van der Waals surface area contributed by atoms with Crippen LogP contribution in [-0.2, 0) is 0 Å². The van der Waals surface area contributed by atoms with Gasteiger partial charge in [-0.1, -0.05) is 25.1 Å². The Kier molecular flexibility index (Phi) is 4.46. The summed E-state index contributed by atoms with van der Waals surface area (Å²) >= 11 is 0. The maximum absolute atomic E-state index is 13.5. The fourth-order valence-corrected chi connectivity index (χ4v) is 4.46. The molecule has 3 aromatic heterocycles. The number of hydrogen-bond acceptors (Lipinski definition) is 5. The number of likely N-dealkylation sites (tertiary alicyclic amines) is 1. The second-order valence-corrected chi connectivity index (χ2v) is 8.23. The molecule has 1 aliphatic rings. The number of piperidine rings is 1. The average molecular weight is 400 g/mol. The molecular weight excluding hydrogens is 376 g/mol. The van der Waals surface area contributed by atoms with E-state index < -0.39 is 0 Å². The smallest absolute Gasteiger partial charge is 0.255 e. The van der Waals surface area contributed by atoms with E-state index in [0.29, 0.717) is 23.8 Å². The van der Waals surface area contributed by atoms with Crippen LogP contribution in [0.1, 0.15) is 46.7 Å². The summed E-state index contributed by atoms with van der Waals surface area (Å²) in [5.41, 5.74) is 4.34. The molecule has 0 spiro atoms. The number of amides is 1. The van der Waals surface area contributed by atoms with Gasteiger partial charge in [-0.3, -0.25) is 9.78 Å². The molecule has 7 heteroatoms. The second-order valence-electron chi connectivity index (χ2n) is 8.23. The van der Waals surface area contributed by atoms with Gasteiger partial charge in [0.2, 0.25) is 0 Å². The van der Waals surface area contributed by atoms with Gasteiger partial charge in [-0.05, 0) is 44.4 Å². The highest BCUT2D eigenvalue weighted by atomic mass is 16.2. The number of hydrogen-bond donors (Lipinski definition) is 0. The van der Waals surface area contributed by atoms with E-state index in [9.17, 15) is 4.79 Å². The Morgan fingerprint density at radius 2 is 1.97 bits per heavy atom. The van der Waals surface area contributed by atoms with Crippen molar-refractivity contribution in [3.8, 4) is 0 Å². The summed E-state index contributed by atoms with van der Waals surface area (Å²) in [6.07, 6.45) is 2.47. The standard InChI is InChI=1S/C23H24N6O/c1-14-8-9-28(12-19(14)21-10-15(2)26-23-24-13-25-29(21)23)22(30)18-11-17-6-4-5-7-20(17)27-16(18)3/h4-7,10-11,13-14,19H,8-9,12H2,1-3H3/t14?,19-/m1/s1. The van der Waals surface area contributed by atoms with Gasteiger partial charge in [0.25, 0.3) is 11.7 Å². The Labute approximate surface area is 174 Å². The number of aryl methyl sites for hydroxylation is 2. The SMILES string of the molecule is Cc1cc([C@@H]2CN(C(=O)c3cc4ccccc4nc3C)CCC2C)n2ncnc2n1.